The van der Waals surface area contributed by atoms with E-state index in [1.54, 1.807) is 23.4 Å². The van der Waals surface area contributed by atoms with Crippen molar-refractivity contribution < 1.29 is 9.53 Å². The summed E-state index contributed by atoms with van der Waals surface area (Å²) < 4.78 is 7.02. The molecular formula is C17H19N7O2. The first-order chi connectivity index (χ1) is 12.6. The van der Waals surface area contributed by atoms with Gasteiger partial charge in [-0.1, -0.05) is 6.92 Å². The maximum absolute atomic E-state index is 12.7. The molecule has 0 spiro atoms. The van der Waals surface area contributed by atoms with Crippen LogP contribution >= 0.6 is 0 Å². The van der Waals surface area contributed by atoms with E-state index in [-0.39, 0.29) is 11.9 Å². The number of carbonyl (C=O) groups excluding carboxylic acids is 1. The zero-order chi connectivity index (χ0) is 18.1. The third kappa shape index (κ3) is 2.68. The van der Waals surface area contributed by atoms with Crippen molar-refractivity contribution in [3.8, 4) is 6.07 Å². The van der Waals surface area contributed by atoms with Crippen molar-refractivity contribution in [2.45, 2.75) is 25.8 Å². The van der Waals surface area contributed by atoms with E-state index in [1.807, 2.05) is 17.8 Å². The summed E-state index contributed by atoms with van der Waals surface area (Å²) in [7, 11) is 0. The Labute approximate surface area is 150 Å². The number of hydrogen-bond acceptors (Lipinski definition) is 7. The second-order valence-corrected chi connectivity index (χ2v) is 6.52. The standard InChI is InChI=1S/C17H19N7O2/c1-2-17(11-18)4-6-23(15(17)25)14-3-5-19-16(22-14)21-12-7-20-24(8-12)13-9-26-10-13/h3,5,7-8,13H,2,4,6,9-10H2,1H3,(H,19,21,22)/t17-/m1/s1. The summed E-state index contributed by atoms with van der Waals surface area (Å²) in [6.07, 6.45) is 6.19. The molecule has 9 nitrogen and oxygen atoms in total. The summed E-state index contributed by atoms with van der Waals surface area (Å²) in [5.41, 5.74) is -0.174. The van der Waals surface area contributed by atoms with Gasteiger partial charge in [-0.25, -0.2) is 4.98 Å². The van der Waals surface area contributed by atoms with Crippen LogP contribution in [0.1, 0.15) is 25.8 Å². The van der Waals surface area contributed by atoms with Gasteiger partial charge in [0.25, 0.3) is 0 Å². The summed E-state index contributed by atoms with van der Waals surface area (Å²) >= 11 is 0. The summed E-state index contributed by atoms with van der Waals surface area (Å²) in [6.45, 7) is 3.68. The van der Waals surface area contributed by atoms with Crippen LogP contribution in [0.2, 0.25) is 0 Å². The second kappa shape index (κ2) is 6.38. The number of anilines is 3. The van der Waals surface area contributed by atoms with E-state index in [4.69, 9.17) is 4.74 Å². The first-order valence-corrected chi connectivity index (χ1v) is 8.60. The lowest BCUT2D eigenvalue weighted by atomic mass is 9.85. The largest absolute Gasteiger partial charge is 0.377 e. The van der Waals surface area contributed by atoms with Gasteiger partial charge in [-0.05, 0) is 18.9 Å². The maximum atomic E-state index is 12.7. The van der Waals surface area contributed by atoms with Crippen LogP contribution in [-0.4, -0.2) is 45.4 Å². The molecule has 0 saturated carbocycles. The molecule has 0 aliphatic carbocycles. The van der Waals surface area contributed by atoms with Gasteiger partial charge in [-0.3, -0.25) is 14.4 Å². The average Bonchev–Trinajstić information content (AvgIpc) is 3.18. The Kier molecular flexibility index (Phi) is 4.05. The maximum Gasteiger partial charge on any atom is 0.248 e. The van der Waals surface area contributed by atoms with Crippen LogP contribution in [-0.2, 0) is 9.53 Å². The van der Waals surface area contributed by atoms with Gasteiger partial charge in [-0.2, -0.15) is 15.3 Å². The minimum Gasteiger partial charge on any atom is -0.377 e. The zero-order valence-electron chi connectivity index (χ0n) is 14.4. The molecule has 2 saturated heterocycles. The SMILES string of the molecule is CC[C@]1(C#N)CCN(c2ccnc(Nc3cnn(C4COC4)c3)n2)C1=O. The van der Waals surface area contributed by atoms with Gasteiger partial charge >= 0.3 is 0 Å². The van der Waals surface area contributed by atoms with Crippen molar-refractivity contribution in [2.75, 3.05) is 30.0 Å². The van der Waals surface area contributed by atoms with Crippen LogP contribution < -0.4 is 10.2 Å². The molecular weight excluding hydrogens is 334 g/mol. The lowest BCUT2D eigenvalue weighted by Crippen LogP contribution is -2.33. The molecule has 2 aromatic heterocycles. The topological polar surface area (TPSA) is 109 Å². The molecule has 0 radical (unpaired) electrons. The monoisotopic (exact) mass is 353 g/mol. The van der Waals surface area contributed by atoms with E-state index < -0.39 is 5.41 Å². The van der Waals surface area contributed by atoms with Crippen molar-refractivity contribution >= 4 is 23.4 Å². The van der Waals surface area contributed by atoms with Crippen LogP contribution in [0.5, 0.6) is 0 Å². The fourth-order valence-corrected chi connectivity index (χ4v) is 3.17. The van der Waals surface area contributed by atoms with Crippen LogP contribution in [0.15, 0.2) is 24.7 Å². The molecule has 26 heavy (non-hydrogen) atoms. The van der Waals surface area contributed by atoms with E-state index >= 15 is 0 Å². The van der Waals surface area contributed by atoms with E-state index in [1.165, 1.54) is 0 Å². The van der Waals surface area contributed by atoms with Gasteiger partial charge in [0, 0.05) is 18.9 Å². The number of nitriles is 1. The summed E-state index contributed by atoms with van der Waals surface area (Å²) in [4.78, 5) is 22.9. The molecule has 2 aromatic rings. The first kappa shape index (κ1) is 16.5. The molecule has 1 amide bonds. The lowest BCUT2D eigenvalue weighted by molar-refractivity contribution is -0.123. The molecule has 9 heteroatoms. The lowest BCUT2D eigenvalue weighted by Gasteiger charge is -2.25. The highest BCUT2D eigenvalue weighted by Crippen LogP contribution is 2.36. The van der Waals surface area contributed by atoms with Crippen LogP contribution in [0, 0.1) is 16.7 Å². The normalized spacial score (nSPS) is 22.9. The quantitative estimate of drug-likeness (QED) is 0.870. The van der Waals surface area contributed by atoms with Gasteiger partial charge in [0.15, 0.2) is 0 Å². The number of nitrogens with zero attached hydrogens (tertiary/aromatic N) is 6. The highest BCUT2D eigenvalue weighted by atomic mass is 16.5. The minimum atomic E-state index is -0.940. The van der Waals surface area contributed by atoms with Gasteiger partial charge in [0.05, 0.1) is 37.2 Å². The second-order valence-electron chi connectivity index (χ2n) is 6.52. The van der Waals surface area contributed by atoms with E-state index in [0.717, 1.165) is 5.69 Å². The summed E-state index contributed by atoms with van der Waals surface area (Å²) in [5, 5.41) is 16.8. The number of ether oxygens (including phenoxy) is 1. The Hall–Kier alpha value is -2.99. The van der Waals surface area contributed by atoms with Gasteiger partial charge < -0.3 is 10.1 Å². The van der Waals surface area contributed by atoms with Gasteiger partial charge in [-0.15, -0.1) is 0 Å². The predicted molar refractivity (Wildman–Crippen MR) is 92.7 cm³/mol. The average molecular weight is 353 g/mol. The zero-order valence-corrected chi connectivity index (χ0v) is 14.4. The Balaban J connectivity index is 1.51. The number of hydrogen-bond donors (Lipinski definition) is 1. The summed E-state index contributed by atoms with van der Waals surface area (Å²) in [5.74, 6) is 0.688. The van der Waals surface area contributed by atoms with E-state index in [0.29, 0.717) is 44.4 Å². The van der Waals surface area contributed by atoms with E-state index in [9.17, 15) is 10.1 Å². The molecule has 4 rings (SSSR count). The number of amides is 1. The Bertz CT molecular complexity index is 870. The molecule has 1 atom stereocenters. The first-order valence-electron chi connectivity index (χ1n) is 8.60. The van der Waals surface area contributed by atoms with Crippen LogP contribution in [0.4, 0.5) is 17.5 Å². The Morgan fingerprint density at radius 1 is 1.50 bits per heavy atom. The van der Waals surface area contributed by atoms with Crippen molar-refractivity contribution in [3.05, 3.63) is 24.7 Å². The van der Waals surface area contributed by atoms with Crippen molar-refractivity contribution in [1.29, 1.82) is 5.26 Å². The fraction of sp³-hybridized carbons (Fsp3) is 0.471. The highest BCUT2D eigenvalue weighted by Gasteiger charge is 2.46. The van der Waals surface area contributed by atoms with E-state index in [2.05, 4.69) is 26.5 Å². The number of carbonyl (C=O) groups is 1. The Morgan fingerprint density at radius 3 is 3.00 bits per heavy atom. The van der Waals surface area contributed by atoms with Crippen LogP contribution in [0.3, 0.4) is 0 Å². The van der Waals surface area contributed by atoms with Crippen LogP contribution in [0.25, 0.3) is 0 Å². The molecule has 0 unspecified atom stereocenters. The molecule has 134 valence electrons. The molecule has 2 aliphatic rings. The molecule has 4 heterocycles. The fourth-order valence-electron chi connectivity index (χ4n) is 3.17. The highest BCUT2D eigenvalue weighted by molar-refractivity contribution is 6.01. The smallest absolute Gasteiger partial charge is 0.248 e. The summed E-state index contributed by atoms with van der Waals surface area (Å²) in [6, 6.07) is 4.14. The molecule has 2 fully saturated rings. The molecule has 1 N–H and O–H groups in total. The predicted octanol–water partition coefficient (Wildman–Crippen LogP) is 1.64. The number of aromatic nitrogens is 4. The van der Waals surface area contributed by atoms with Crippen molar-refractivity contribution in [3.63, 3.8) is 0 Å². The third-order valence-electron chi connectivity index (χ3n) is 5.00. The molecule has 0 aromatic carbocycles. The third-order valence-corrected chi connectivity index (χ3v) is 5.00. The molecule has 2 aliphatic heterocycles. The van der Waals surface area contributed by atoms with Crippen molar-refractivity contribution in [2.24, 2.45) is 5.41 Å². The van der Waals surface area contributed by atoms with Gasteiger partial charge in [0.2, 0.25) is 11.9 Å². The Morgan fingerprint density at radius 2 is 2.35 bits per heavy atom. The van der Waals surface area contributed by atoms with Gasteiger partial charge in [0.1, 0.15) is 11.2 Å². The van der Waals surface area contributed by atoms with Crippen molar-refractivity contribution in [1.82, 2.24) is 19.7 Å². The molecule has 0 bridgehead atoms. The number of rotatable bonds is 5. The number of nitrogens with one attached hydrogen (secondary N) is 1. The minimum absolute atomic E-state index is 0.190.